The molecule has 0 saturated heterocycles. The maximum absolute atomic E-state index is 14.2. The predicted octanol–water partition coefficient (Wildman–Crippen LogP) is 9.88. The van der Waals surface area contributed by atoms with Crippen LogP contribution in [0.4, 0.5) is 114 Å². The molecule has 0 fully saturated rings. The summed E-state index contributed by atoms with van der Waals surface area (Å²) in [4.78, 5) is 22.1. The molecule has 302 valence electrons. The summed E-state index contributed by atoms with van der Waals surface area (Å²) in [5.41, 5.74) is -4.66. The molecule has 2 N–H and O–H groups in total. The van der Waals surface area contributed by atoms with Crippen LogP contribution in [-0.2, 0) is 9.59 Å². The first-order valence-corrected chi connectivity index (χ1v) is 11.9. The molecule has 0 aromatic heterocycles. The van der Waals surface area contributed by atoms with Gasteiger partial charge in [0.15, 0.2) is 0 Å². The van der Waals surface area contributed by atoms with Crippen LogP contribution >= 0.6 is 0 Å². The third-order valence-corrected chi connectivity index (χ3v) is 6.49. The van der Waals surface area contributed by atoms with Crippen molar-refractivity contribution >= 4 is 11.9 Å². The number of allylic oxidation sites excluding steroid dienone is 1. The molecule has 30 heteroatoms. The fraction of sp³-hybridized carbons (Fsp3) is 0.810. The number of hydrogen-bond donors (Lipinski definition) is 2. The van der Waals surface area contributed by atoms with Crippen LogP contribution in [0.3, 0.4) is 0 Å². The number of aliphatic carboxylic acids is 2. The minimum atomic E-state index is -8.51. The van der Waals surface area contributed by atoms with Gasteiger partial charge < -0.3 is 10.2 Å². The molecular formula is C21H12F26O4. The molecule has 0 rings (SSSR count). The van der Waals surface area contributed by atoms with E-state index in [1.807, 2.05) is 0 Å². The molecule has 0 aliphatic rings. The second-order valence-electron chi connectivity index (χ2n) is 9.96. The largest absolute Gasteiger partial charge is 0.481 e. The van der Waals surface area contributed by atoms with Gasteiger partial charge in [0.1, 0.15) is 0 Å². The first-order valence-electron chi connectivity index (χ1n) is 11.9. The fourth-order valence-corrected chi connectivity index (χ4v) is 3.46. The van der Waals surface area contributed by atoms with Gasteiger partial charge in [-0.2, -0.15) is 114 Å². The molecule has 0 aliphatic heterocycles. The van der Waals surface area contributed by atoms with Crippen molar-refractivity contribution in [2.75, 3.05) is 0 Å². The van der Waals surface area contributed by atoms with E-state index in [-0.39, 0.29) is 0 Å². The van der Waals surface area contributed by atoms with Crippen LogP contribution < -0.4 is 0 Å². The summed E-state index contributed by atoms with van der Waals surface area (Å²) in [6.07, 6.45) is -30.9. The number of alkyl halides is 26. The highest BCUT2D eigenvalue weighted by atomic mass is 19.4. The van der Waals surface area contributed by atoms with E-state index in [2.05, 4.69) is 0 Å². The fourth-order valence-electron chi connectivity index (χ4n) is 3.46. The monoisotopic (exact) mass is 822 g/mol. The lowest BCUT2D eigenvalue weighted by Crippen LogP contribution is -2.70. The zero-order valence-corrected chi connectivity index (χ0v) is 23.1. The Morgan fingerprint density at radius 1 is 0.373 bits per heavy atom. The first kappa shape index (κ1) is 47.9. The second-order valence-corrected chi connectivity index (χ2v) is 9.96. The smallest absolute Gasteiger partial charge is 0.460 e. The van der Waals surface area contributed by atoms with E-state index in [1.165, 1.54) is 0 Å². The molecular weight excluding hydrogens is 810 g/mol. The van der Waals surface area contributed by atoms with Gasteiger partial charge in [0, 0.05) is 18.4 Å². The molecule has 0 saturated carbocycles. The molecule has 51 heavy (non-hydrogen) atoms. The van der Waals surface area contributed by atoms with E-state index in [1.54, 1.807) is 0 Å². The van der Waals surface area contributed by atoms with Crippen LogP contribution in [0.15, 0.2) is 11.1 Å². The normalized spacial score (nSPS) is 15.6. The van der Waals surface area contributed by atoms with Crippen LogP contribution in [0, 0.1) is 0 Å². The number of carboxylic acids is 2. The maximum Gasteiger partial charge on any atom is 0.460 e. The predicted molar refractivity (Wildman–Crippen MR) is 107 cm³/mol. The van der Waals surface area contributed by atoms with Gasteiger partial charge in [-0.3, -0.25) is 4.79 Å². The Balaban J connectivity index is 7.06. The Morgan fingerprint density at radius 2 is 0.608 bits per heavy atom. The van der Waals surface area contributed by atoms with Crippen molar-refractivity contribution in [1.29, 1.82) is 0 Å². The van der Waals surface area contributed by atoms with Gasteiger partial charge in [0.25, 0.3) is 0 Å². The lowest BCUT2D eigenvalue weighted by atomic mass is 9.87. The Kier molecular flexibility index (Phi) is 12.5. The van der Waals surface area contributed by atoms with E-state index in [4.69, 9.17) is 10.2 Å². The van der Waals surface area contributed by atoms with E-state index in [0.717, 1.165) is 0 Å². The first-order chi connectivity index (χ1) is 21.8. The highest BCUT2D eigenvalue weighted by Gasteiger charge is 2.92. The summed E-state index contributed by atoms with van der Waals surface area (Å²) in [5.74, 6) is -86.8. The lowest BCUT2D eigenvalue weighted by Gasteiger charge is -2.40. The van der Waals surface area contributed by atoms with E-state index in [0.29, 0.717) is 0 Å². The number of hydrogen-bond acceptors (Lipinski definition) is 2. The van der Waals surface area contributed by atoms with Gasteiger partial charge in [-0.15, -0.1) is 0 Å². The maximum atomic E-state index is 14.2. The minimum absolute atomic E-state index is 2.30. The summed E-state index contributed by atoms with van der Waals surface area (Å²) in [6.45, 7) is 0. The van der Waals surface area contributed by atoms with Gasteiger partial charge in [-0.1, -0.05) is 5.57 Å². The molecule has 0 radical (unpaired) electrons. The zero-order valence-electron chi connectivity index (χ0n) is 23.1. The SMILES string of the molecule is O=C(O)CC(C(=O)O)=C(CCC(F)(F)C(F)(F)C(F)(F)C(F)(F)C(F)(F)C(F)(F)F)CCC(F)(F)C(F)(F)C(F)(F)C(F)(F)C(F)(F)C(F)(F)F. The van der Waals surface area contributed by atoms with E-state index in [9.17, 15) is 124 Å². The lowest BCUT2D eigenvalue weighted by molar-refractivity contribution is -0.440. The summed E-state index contributed by atoms with van der Waals surface area (Å²) < 4.78 is 346. The van der Waals surface area contributed by atoms with Crippen molar-refractivity contribution in [2.24, 2.45) is 0 Å². The highest BCUT2D eigenvalue weighted by molar-refractivity contribution is 5.92. The molecule has 0 aromatic rings. The Hall–Kier alpha value is -3.14. The second kappa shape index (κ2) is 13.4. The standard InChI is InChI=1S/C21H12F26O4/c22-10(23,12(26,27)14(30,31)16(34,35)18(38,39)20(42,43)44)3-1-6(7(9(50)51)5-8(48)49)2-4-11(24,25)13(28,29)15(32,33)17(36,37)19(40,41)21(45,46)47/h1-5H2,(H,48,49)(H,50,51). The number of halogens is 26. The minimum Gasteiger partial charge on any atom is -0.481 e. The summed E-state index contributed by atoms with van der Waals surface area (Å²) >= 11 is 0. The van der Waals surface area contributed by atoms with Crippen molar-refractivity contribution < 1.29 is 134 Å². The van der Waals surface area contributed by atoms with E-state index < -0.39 is 127 Å². The van der Waals surface area contributed by atoms with Crippen molar-refractivity contribution in [2.45, 2.75) is 104 Å². The van der Waals surface area contributed by atoms with Gasteiger partial charge >= 0.3 is 83.5 Å². The van der Waals surface area contributed by atoms with Crippen molar-refractivity contribution in [1.82, 2.24) is 0 Å². The molecule has 0 amide bonds. The average Bonchev–Trinajstić information content (AvgIpc) is 2.89. The van der Waals surface area contributed by atoms with Crippen molar-refractivity contribution in [3.63, 3.8) is 0 Å². The molecule has 0 bridgehead atoms. The number of rotatable bonds is 17. The highest BCUT2D eigenvalue weighted by Crippen LogP contribution is 2.62. The average molecular weight is 822 g/mol. The molecule has 0 heterocycles. The molecule has 0 aromatic carbocycles. The summed E-state index contributed by atoms with van der Waals surface area (Å²) in [7, 11) is 0. The number of carboxylic acid groups (broad SMARTS) is 2. The Labute approximate surface area is 262 Å². The van der Waals surface area contributed by atoms with Gasteiger partial charge in [-0.05, 0) is 12.8 Å². The molecule has 0 aliphatic carbocycles. The topological polar surface area (TPSA) is 74.6 Å². The van der Waals surface area contributed by atoms with E-state index >= 15 is 0 Å². The number of carbonyl (C=O) groups is 2. The van der Waals surface area contributed by atoms with Crippen molar-refractivity contribution in [3.8, 4) is 0 Å². The molecule has 0 atom stereocenters. The van der Waals surface area contributed by atoms with Crippen LogP contribution in [0.25, 0.3) is 0 Å². The quantitative estimate of drug-likeness (QED) is 0.113. The van der Waals surface area contributed by atoms with Crippen LogP contribution in [0.5, 0.6) is 0 Å². The Bertz CT molecular complexity index is 1240. The third-order valence-electron chi connectivity index (χ3n) is 6.49. The summed E-state index contributed by atoms with van der Waals surface area (Å²) in [5, 5.41) is 17.6. The summed E-state index contributed by atoms with van der Waals surface area (Å²) in [6, 6.07) is 0. The molecule has 0 spiro atoms. The van der Waals surface area contributed by atoms with Crippen LogP contribution in [-0.4, -0.2) is 93.7 Å². The van der Waals surface area contributed by atoms with Crippen molar-refractivity contribution in [3.05, 3.63) is 11.1 Å². The van der Waals surface area contributed by atoms with Crippen LogP contribution in [0.1, 0.15) is 32.1 Å². The third kappa shape index (κ3) is 7.67. The molecule has 4 nitrogen and oxygen atoms in total. The zero-order chi connectivity index (χ0) is 41.8. The van der Waals surface area contributed by atoms with Gasteiger partial charge in [-0.25, -0.2) is 4.79 Å². The van der Waals surface area contributed by atoms with Gasteiger partial charge in [0.05, 0.1) is 6.42 Å². The molecule has 0 unspecified atom stereocenters. The Morgan fingerprint density at radius 3 is 0.804 bits per heavy atom. The van der Waals surface area contributed by atoms with Crippen LogP contribution in [0.2, 0.25) is 0 Å². The van der Waals surface area contributed by atoms with Gasteiger partial charge in [0.2, 0.25) is 0 Å².